The molecule has 0 saturated carbocycles. The molecule has 1 unspecified atom stereocenters. The zero-order valence-electron chi connectivity index (χ0n) is 18.2. The Morgan fingerprint density at radius 3 is 2.41 bits per heavy atom. The van der Waals surface area contributed by atoms with Gasteiger partial charge in [-0.3, -0.25) is 9.59 Å². The number of sulfone groups is 1. The maximum atomic E-state index is 12.5. The Labute approximate surface area is 187 Å². The van der Waals surface area contributed by atoms with Gasteiger partial charge in [-0.1, -0.05) is 30.0 Å². The maximum Gasteiger partial charge on any atom is 0.251 e. The van der Waals surface area contributed by atoms with Crippen molar-refractivity contribution in [2.24, 2.45) is 5.73 Å². The summed E-state index contributed by atoms with van der Waals surface area (Å²) in [6.45, 7) is 2.88. The summed E-state index contributed by atoms with van der Waals surface area (Å²) in [6.07, 6.45) is 7.23. The smallest absolute Gasteiger partial charge is 0.251 e. The summed E-state index contributed by atoms with van der Waals surface area (Å²) < 4.78 is 23.6. The first-order valence-corrected chi connectivity index (χ1v) is 11.7. The molecular formula is C24H26N2O5S. The summed E-state index contributed by atoms with van der Waals surface area (Å²) in [4.78, 5) is 24.2. The quantitative estimate of drug-likeness (QED) is 0.379. The van der Waals surface area contributed by atoms with Gasteiger partial charge in [-0.25, -0.2) is 8.42 Å². The Morgan fingerprint density at radius 2 is 1.88 bits per heavy atom. The van der Waals surface area contributed by atoms with Crippen molar-refractivity contribution in [3.63, 3.8) is 0 Å². The van der Waals surface area contributed by atoms with Gasteiger partial charge in [0.1, 0.15) is 4.75 Å². The van der Waals surface area contributed by atoms with Crippen LogP contribution in [0.5, 0.6) is 0 Å². The maximum absolute atomic E-state index is 12.5. The van der Waals surface area contributed by atoms with E-state index >= 15 is 0 Å². The van der Waals surface area contributed by atoms with Crippen molar-refractivity contribution in [3.8, 4) is 23.0 Å². The number of carbonyl (C=O) groups is 1. The zero-order valence-corrected chi connectivity index (χ0v) is 19.0. The highest BCUT2D eigenvalue weighted by atomic mass is 32.2. The Balaban J connectivity index is 2.16. The van der Waals surface area contributed by atoms with Crippen LogP contribution in [0, 0.1) is 11.8 Å². The number of primary amides is 1. The average Bonchev–Trinajstić information content (AvgIpc) is 2.71. The van der Waals surface area contributed by atoms with Crippen LogP contribution >= 0.6 is 0 Å². The van der Waals surface area contributed by atoms with Gasteiger partial charge in [-0.15, -0.1) is 0 Å². The average molecular weight is 455 g/mol. The van der Waals surface area contributed by atoms with E-state index in [0.29, 0.717) is 5.56 Å². The van der Waals surface area contributed by atoms with Gasteiger partial charge in [0.15, 0.2) is 9.84 Å². The molecule has 0 aliphatic carbocycles. The summed E-state index contributed by atoms with van der Waals surface area (Å²) in [5.74, 6) is 5.09. The van der Waals surface area contributed by atoms with E-state index in [1.54, 1.807) is 31.3 Å². The van der Waals surface area contributed by atoms with Gasteiger partial charge in [-0.05, 0) is 61.7 Å². The molecule has 32 heavy (non-hydrogen) atoms. The van der Waals surface area contributed by atoms with Crippen LogP contribution in [-0.4, -0.2) is 35.0 Å². The van der Waals surface area contributed by atoms with Crippen LogP contribution in [-0.2, 0) is 21.2 Å². The van der Waals surface area contributed by atoms with Crippen molar-refractivity contribution < 1.29 is 18.3 Å². The van der Waals surface area contributed by atoms with E-state index in [2.05, 4.69) is 11.8 Å². The third-order valence-electron chi connectivity index (χ3n) is 5.12. The third kappa shape index (κ3) is 6.22. The molecule has 3 N–H and O–H groups in total. The third-order valence-corrected chi connectivity index (χ3v) is 7.16. The lowest BCUT2D eigenvalue weighted by Gasteiger charge is -2.24. The van der Waals surface area contributed by atoms with Gasteiger partial charge < -0.3 is 15.4 Å². The van der Waals surface area contributed by atoms with Crippen LogP contribution in [0.2, 0.25) is 0 Å². The first-order chi connectivity index (χ1) is 14.9. The van der Waals surface area contributed by atoms with E-state index in [-0.39, 0.29) is 24.3 Å². The summed E-state index contributed by atoms with van der Waals surface area (Å²) in [7, 11) is -3.74. The molecule has 2 aromatic rings. The summed E-state index contributed by atoms with van der Waals surface area (Å²) >= 11 is 0. The van der Waals surface area contributed by atoms with Crippen LogP contribution in [0.1, 0.15) is 25.8 Å². The number of pyridine rings is 1. The molecule has 1 heterocycles. The van der Waals surface area contributed by atoms with Gasteiger partial charge in [0.05, 0.1) is 5.76 Å². The standard InChI is InChI=1S/C24H26N2O5S/c1-18(27)7-5-4-6-8-19-9-11-20(12-10-19)21-13-15-26(22(28)17-21)16-14-24(2,23(25)29)32(3,30)31/h4-5,7,9-13,15,17,27H,14,16H2,1-3H3,(H2,25,29)/b5-4+,18-7-. The van der Waals surface area contributed by atoms with Crippen molar-refractivity contribution in [2.45, 2.75) is 31.6 Å². The summed E-state index contributed by atoms with van der Waals surface area (Å²) in [5.41, 5.74) is 7.31. The molecular weight excluding hydrogens is 428 g/mol. The number of carbonyl (C=O) groups excluding carboxylic acids is 1. The molecule has 1 amide bonds. The molecule has 7 nitrogen and oxygen atoms in total. The molecule has 1 aromatic carbocycles. The minimum atomic E-state index is -3.74. The predicted molar refractivity (Wildman–Crippen MR) is 126 cm³/mol. The highest BCUT2D eigenvalue weighted by Gasteiger charge is 2.41. The van der Waals surface area contributed by atoms with Gasteiger partial charge >= 0.3 is 0 Å². The highest BCUT2D eigenvalue weighted by molar-refractivity contribution is 7.92. The lowest BCUT2D eigenvalue weighted by molar-refractivity contribution is -0.120. The number of allylic oxidation sites excluding steroid dienone is 4. The second-order valence-electron chi connectivity index (χ2n) is 7.58. The minimum Gasteiger partial charge on any atom is -0.513 e. The predicted octanol–water partition coefficient (Wildman–Crippen LogP) is 2.56. The molecule has 0 fully saturated rings. The van der Waals surface area contributed by atoms with E-state index in [0.717, 1.165) is 17.4 Å². The number of aliphatic hydroxyl groups excluding tert-OH is 1. The Morgan fingerprint density at radius 1 is 1.22 bits per heavy atom. The molecule has 168 valence electrons. The number of nitrogens with two attached hydrogens (primary N) is 1. The zero-order chi connectivity index (χ0) is 23.9. The number of aromatic nitrogens is 1. The lowest BCUT2D eigenvalue weighted by Crippen LogP contribution is -2.48. The van der Waals surface area contributed by atoms with Crippen LogP contribution in [0.3, 0.4) is 0 Å². The van der Waals surface area contributed by atoms with Crippen molar-refractivity contribution in [1.29, 1.82) is 0 Å². The molecule has 0 radical (unpaired) electrons. The van der Waals surface area contributed by atoms with E-state index in [1.165, 1.54) is 23.6 Å². The van der Waals surface area contributed by atoms with Crippen LogP contribution in [0.15, 0.2) is 71.4 Å². The second-order valence-corrected chi connectivity index (χ2v) is 10.0. The molecule has 0 saturated heterocycles. The van der Waals surface area contributed by atoms with E-state index in [4.69, 9.17) is 10.8 Å². The molecule has 8 heteroatoms. The van der Waals surface area contributed by atoms with Crippen molar-refractivity contribution in [2.75, 3.05) is 6.26 Å². The molecule has 0 aliphatic rings. The molecule has 0 bridgehead atoms. The number of aryl methyl sites for hydroxylation is 1. The lowest BCUT2D eigenvalue weighted by atomic mass is 10.0. The number of nitrogens with zero attached hydrogens (tertiary/aromatic N) is 1. The number of rotatable bonds is 7. The number of hydrogen-bond donors (Lipinski definition) is 2. The van der Waals surface area contributed by atoms with Gasteiger partial charge in [0, 0.05) is 30.6 Å². The van der Waals surface area contributed by atoms with Crippen LogP contribution in [0.4, 0.5) is 0 Å². The summed E-state index contributed by atoms with van der Waals surface area (Å²) in [5, 5.41) is 9.06. The van der Waals surface area contributed by atoms with E-state index in [9.17, 15) is 18.0 Å². The van der Waals surface area contributed by atoms with Gasteiger partial charge in [0.25, 0.3) is 5.56 Å². The van der Waals surface area contributed by atoms with E-state index in [1.807, 2.05) is 24.3 Å². The second kappa shape index (κ2) is 10.2. The van der Waals surface area contributed by atoms with Gasteiger partial charge in [0.2, 0.25) is 5.91 Å². The SMILES string of the molecule is C/C(O)=C/C=C/C#Cc1ccc(-c2ccn(CCC(C)(C(N)=O)S(C)(=O)=O)c(=O)c2)cc1. The fraction of sp³-hybridized carbons (Fsp3) is 0.250. The Kier molecular flexibility index (Phi) is 7.84. The number of amides is 1. The topological polar surface area (TPSA) is 119 Å². The van der Waals surface area contributed by atoms with Crippen molar-refractivity contribution in [3.05, 3.63) is 82.5 Å². The summed E-state index contributed by atoms with van der Waals surface area (Å²) in [6, 6.07) is 10.6. The fourth-order valence-corrected chi connectivity index (χ4v) is 3.63. The normalized spacial score (nSPS) is 13.9. The van der Waals surface area contributed by atoms with Gasteiger partial charge in [-0.2, -0.15) is 0 Å². The largest absolute Gasteiger partial charge is 0.513 e. The van der Waals surface area contributed by atoms with Crippen molar-refractivity contribution >= 4 is 15.7 Å². The first-order valence-electron chi connectivity index (χ1n) is 9.78. The Hall–Kier alpha value is -3.57. The molecule has 1 aromatic heterocycles. The number of aliphatic hydroxyl groups is 1. The fourth-order valence-electron chi connectivity index (χ4n) is 2.80. The highest BCUT2D eigenvalue weighted by Crippen LogP contribution is 2.22. The van der Waals surface area contributed by atoms with E-state index < -0.39 is 20.5 Å². The number of benzene rings is 1. The molecule has 0 spiro atoms. The molecule has 1 atom stereocenters. The molecule has 2 rings (SSSR count). The van der Waals surface area contributed by atoms with Crippen LogP contribution in [0.25, 0.3) is 11.1 Å². The Bertz CT molecular complexity index is 1270. The number of hydrogen-bond acceptors (Lipinski definition) is 5. The molecule has 0 aliphatic heterocycles. The van der Waals surface area contributed by atoms with Crippen molar-refractivity contribution in [1.82, 2.24) is 4.57 Å². The van der Waals surface area contributed by atoms with Crippen LogP contribution < -0.4 is 11.3 Å². The monoisotopic (exact) mass is 454 g/mol. The first kappa shape index (κ1) is 24.7. The minimum absolute atomic E-state index is 0.0403.